The molecule has 120 valence electrons. The Morgan fingerprint density at radius 3 is 2.70 bits per heavy atom. The first-order valence-corrected chi connectivity index (χ1v) is 8.33. The SMILES string of the molecule is C=C(Cl)/C=C\C(=C\C)c1c(CC(=O)O)c(C)nc2sc(C)cc12. The van der Waals surface area contributed by atoms with E-state index in [2.05, 4.69) is 17.6 Å². The lowest BCUT2D eigenvalue weighted by Gasteiger charge is -2.13. The predicted molar refractivity (Wildman–Crippen MR) is 98.2 cm³/mol. The van der Waals surface area contributed by atoms with Crippen molar-refractivity contribution >= 4 is 44.7 Å². The maximum absolute atomic E-state index is 11.3. The van der Waals surface area contributed by atoms with Crippen LogP contribution in [0.25, 0.3) is 15.8 Å². The van der Waals surface area contributed by atoms with E-state index in [0.29, 0.717) is 5.03 Å². The van der Waals surface area contributed by atoms with Gasteiger partial charge in [0.05, 0.1) is 6.42 Å². The van der Waals surface area contributed by atoms with Crippen molar-refractivity contribution in [2.24, 2.45) is 0 Å². The molecule has 2 rings (SSSR count). The molecule has 0 amide bonds. The number of pyridine rings is 1. The fraction of sp³-hybridized carbons (Fsp3) is 0.222. The quantitative estimate of drug-likeness (QED) is 0.751. The summed E-state index contributed by atoms with van der Waals surface area (Å²) in [6, 6.07) is 2.06. The fourth-order valence-electron chi connectivity index (χ4n) is 2.53. The van der Waals surface area contributed by atoms with E-state index in [1.165, 1.54) is 0 Å². The number of aryl methyl sites for hydroxylation is 2. The highest BCUT2D eigenvalue weighted by molar-refractivity contribution is 7.18. The van der Waals surface area contributed by atoms with Crippen LogP contribution in [0.4, 0.5) is 0 Å². The molecular formula is C18H18ClNO2S. The van der Waals surface area contributed by atoms with E-state index in [9.17, 15) is 9.90 Å². The van der Waals surface area contributed by atoms with Gasteiger partial charge >= 0.3 is 5.97 Å². The molecule has 0 radical (unpaired) electrons. The number of aromatic nitrogens is 1. The second-order valence-electron chi connectivity index (χ2n) is 5.22. The van der Waals surface area contributed by atoms with Gasteiger partial charge in [0.25, 0.3) is 0 Å². The van der Waals surface area contributed by atoms with Gasteiger partial charge in [0, 0.05) is 21.0 Å². The molecule has 1 N–H and O–H groups in total. The fourth-order valence-corrected chi connectivity index (χ4v) is 3.53. The van der Waals surface area contributed by atoms with Crippen LogP contribution in [-0.4, -0.2) is 16.1 Å². The van der Waals surface area contributed by atoms with Gasteiger partial charge in [0.15, 0.2) is 0 Å². The number of hydrogen-bond donors (Lipinski definition) is 1. The maximum Gasteiger partial charge on any atom is 0.307 e. The standard InChI is InChI=1S/C18H18ClNO2S/c1-5-13(7-6-10(2)19)17-14(9-16(21)22)12(4)20-18-15(17)8-11(3)23-18/h5-8H,2,9H2,1,3-4H3,(H,21,22)/b7-6-,13-5-. The van der Waals surface area contributed by atoms with E-state index < -0.39 is 5.97 Å². The highest BCUT2D eigenvalue weighted by Gasteiger charge is 2.18. The van der Waals surface area contributed by atoms with Gasteiger partial charge in [-0.1, -0.05) is 30.3 Å². The smallest absolute Gasteiger partial charge is 0.307 e. The molecule has 0 saturated heterocycles. The molecule has 3 nitrogen and oxygen atoms in total. The third-order valence-corrected chi connectivity index (χ3v) is 4.55. The summed E-state index contributed by atoms with van der Waals surface area (Å²) in [7, 11) is 0. The summed E-state index contributed by atoms with van der Waals surface area (Å²) in [6.45, 7) is 9.45. The molecule has 0 aromatic carbocycles. The lowest BCUT2D eigenvalue weighted by molar-refractivity contribution is -0.136. The largest absolute Gasteiger partial charge is 0.481 e. The molecule has 0 unspecified atom stereocenters. The van der Waals surface area contributed by atoms with Gasteiger partial charge < -0.3 is 5.11 Å². The molecule has 0 fully saturated rings. The molecule has 0 aliphatic heterocycles. The zero-order valence-electron chi connectivity index (χ0n) is 13.3. The summed E-state index contributed by atoms with van der Waals surface area (Å²) in [5, 5.41) is 10.7. The zero-order valence-corrected chi connectivity index (χ0v) is 14.9. The van der Waals surface area contributed by atoms with Crippen molar-refractivity contribution in [2.75, 3.05) is 0 Å². The van der Waals surface area contributed by atoms with Gasteiger partial charge in [-0.15, -0.1) is 11.3 Å². The van der Waals surface area contributed by atoms with Crippen LogP contribution in [0.3, 0.4) is 0 Å². The molecule has 0 spiro atoms. The number of carbonyl (C=O) groups is 1. The summed E-state index contributed by atoms with van der Waals surface area (Å²) in [5.41, 5.74) is 3.31. The minimum atomic E-state index is -0.872. The molecule has 0 saturated carbocycles. The molecule has 23 heavy (non-hydrogen) atoms. The summed E-state index contributed by atoms with van der Waals surface area (Å²) < 4.78 is 0. The first-order chi connectivity index (χ1) is 10.8. The van der Waals surface area contributed by atoms with Crippen LogP contribution in [-0.2, 0) is 11.2 Å². The molecule has 0 aliphatic rings. The Hall–Kier alpha value is -1.91. The number of nitrogens with zero attached hydrogens (tertiary/aromatic N) is 1. The van der Waals surface area contributed by atoms with Crippen molar-refractivity contribution in [3.05, 3.63) is 57.6 Å². The summed E-state index contributed by atoms with van der Waals surface area (Å²) in [4.78, 5) is 17.9. The Morgan fingerprint density at radius 1 is 1.43 bits per heavy atom. The molecule has 2 heterocycles. The van der Waals surface area contributed by atoms with Crippen LogP contribution >= 0.6 is 22.9 Å². The highest BCUT2D eigenvalue weighted by atomic mass is 35.5. The zero-order chi connectivity index (χ0) is 17.1. The first-order valence-electron chi connectivity index (χ1n) is 7.14. The molecular weight excluding hydrogens is 330 g/mol. The number of carboxylic acid groups (broad SMARTS) is 1. The first kappa shape index (κ1) is 17.4. The Labute approximate surface area is 144 Å². The Balaban J connectivity index is 2.80. The van der Waals surface area contributed by atoms with E-state index in [-0.39, 0.29) is 6.42 Å². The van der Waals surface area contributed by atoms with E-state index >= 15 is 0 Å². The summed E-state index contributed by atoms with van der Waals surface area (Å²) in [5.74, 6) is -0.872. The summed E-state index contributed by atoms with van der Waals surface area (Å²) >= 11 is 7.44. The second kappa shape index (κ2) is 7.11. The Kier molecular flexibility index (Phi) is 5.39. The number of allylic oxidation sites excluding steroid dienone is 5. The number of hydrogen-bond acceptors (Lipinski definition) is 3. The van der Waals surface area contributed by atoms with Crippen LogP contribution < -0.4 is 0 Å². The number of aliphatic carboxylic acids is 1. The van der Waals surface area contributed by atoms with Crippen LogP contribution in [0.5, 0.6) is 0 Å². The van der Waals surface area contributed by atoms with E-state index in [1.807, 2.05) is 32.9 Å². The third kappa shape index (κ3) is 3.89. The molecule has 0 atom stereocenters. The molecule has 5 heteroatoms. The third-order valence-electron chi connectivity index (χ3n) is 3.48. The minimum Gasteiger partial charge on any atom is -0.481 e. The van der Waals surface area contributed by atoms with Crippen molar-refractivity contribution in [3.63, 3.8) is 0 Å². The number of halogens is 1. The Morgan fingerprint density at radius 2 is 2.13 bits per heavy atom. The van der Waals surface area contributed by atoms with Gasteiger partial charge in [-0.05, 0) is 49.6 Å². The minimum absolute atomic E-state index is 0.0635. The van der Waals surface area contributed by atoms with Gasteiger partial charge in [0.1, 0.15) is 4.83 Å². The van der Waals surface area contributed by atoms with E-state index in [0.717, 1.165) is 37.5 Å². The average Bonchev–Trinajstić information content (AvgIpc) is 2.81. The summed E-state index contributed by atoms with van der Waals surface area (Å²) in [6.07, 6.45) is 5.46. The van der Waals surface area contributed by atoms with Crippen molar-refractivity contribution in [1.82, 2.24) is 4.98 Å². The van der Waals surface area contributed by atoms with Crippen LogP contribution in [0.1, 0.15) is 28.6 Å². The normalized spacial score (nSPS) is 12.3. The molecule has 0 bridgehead atoms. The second-order valence-corrected chi connectivity index (χ2v) is 6.94. The monoisotopic (exact) mass is 347 g/mol. The molecule has 0 aliphatic carbocycles. The number of fused-ring (bicyclic) bond motifs is 1. The number of thiophene rings is 1. The maximum atomic E-state index is 11.3. The lowest BCUT2D eigenvalue weighted by Crippen LogP contribution is -2.07. The lowest BCUT2D eigenvalue weighted by atomic mass is 9.93. The van der Waals surface area contributed by atoms with Gasteiger partial charge in [0.2, 0.25) is 0 Å². The van der Waals surface area contributed by atoms with Gasteiger partial charge in [-0.3, -0.25) is 4.79 Å². The molecule has 2 aromatic rings. The Bertz CT molecular complexity index is 846. The van der Waals surface area contributed by atoms with Crippen molar-refractivity contribution in [1.29, 1.82) is 0 Å². The van der Waals surface area contributed by atoms with Gasteiger partial charge in [-0.25, -0.2) is 4.98 Å². The average molecular weight is 348 g/mol. The highest BCUT2D eigenvalue weighted by Crippen LogP contribution is 2.35. The predicted octanol–water partition coefficient (Wildman–Crippen LogP) is 5.25. The van der Waals surface area contributed by atoms with E-state index in [1.54, 1.807) is 17.4 Å². The van der Waals surface area contributed by atoms with Crippen LogP contribution in [0.15, 0.2) is 35.9 Å². The van der Waals surface area contributed by atoms with Crippen LogP contribution in [0, 0.1) is 13.8 Å². The van der Waals surface area contributed by atoms with Crippen LogP contribution in [0.2, 0.25) is 0 Å². The van der Waals surface area contributed by atoms with Gasteiger partial charge in [-0.2, -0.15) is 0 Å². The molecule has 2 aromatic heterocycles. The van der Waals surface area contributed by atoms with Crippen molar-refractivity contribution in [2.45, 2.75) is 27.2 Å². The van der Waals surface area contributed by atoms with E-state index in [4.69, 9.17) is 11.6 Å². The van der Waals surface area contributed by atoms with Crippen molar-refractivity contribution in [3.8, 4) is 0 Å². The van der Waals surface area contributed by atoms with Crippen molar-refractivity contribution < 1.29 is 9.90 Å². The topological polar surface area (TPSA) is 50.2 Å². The number of carboxylic acids is 1. The number of rotatable bonds is 5.